The molecule has 4 heterocycles. The molecule has 0 spiro atoms. The maximum Gasteiger partial charge on any atom is 0.270 e. The van der Waals surface area contributed by atoms with Gasteiger partial charge < -0.3 is 20.1 Å². The van der Waals surface area contributed by atoms with Gasteiger partial charge in [-0.15, -0.1) is 0 Å². The van der Waals surface area contributed by atoms with Gasteiger partial charge in [0.1, 0.15) is 5.69 Å². The Bertz CT molecular complexity index is 534. The average molecular weight is 261 g/mol. The van der Waals surface area contributed by atoms with Crippen molar-refractivity contribution in [3.63, 3.8) is 0 Å². The second-order valence-electron chi connectivity index (χ2n) is 5.29. The smallest absolute Gasteiger partial charge is 0.270 e. The van der Waals surface area contributed by atoms with Crippen molar-refractivity contribution in [2.24, 2.45) is 0 Å². The molecule has 6 nitrogen and oxygen atoms in total. The molecule has 19 heavy (non-hydrogen) atoms. The highest BCUT2D eigenvalue weighted by Crippen LogP contribution is 2.32. The number of carbonyl (C=O) groups excluding carboxylic acids is 1. The maximum absolute atomic E-state index is 12.2. The number of ether oxygens (including phenoxy) is 2. The van der Waals surface area contributed by atoms with Gasteiger partial charge in [0.2, 0.25) is 6.79 Å². The van der Waals surface area contributed by atoms with E-state index in [0.717, 1.165) is 12.8 Å². The van der Waals surface area contributed by atoms with E-state index in [2.05, 4.69) is 15.6 Å². The quantitative estimate of drug-likeness (QED) is 0.808. The molecule has 3 aliphatic rings. The molecule has 3 atom stereocenters. The van der Waals surface area contributed by atoms with Crippen LogP contribution in [0.5, 0.6) is 11.5 Å². The molecule has 2 N–H and O–H groups in total. The summed E-state index contributed by atoms with van der Waals surface area (Å²) in [6, 6.07) is 2.85. The number of hydrogen-bond acceptors (Lipinski definition) is 5. The highest BCUT2D eigenvalue weighted by molar-refractivity contribution is 5.93. The fourth-order valence-corrected chi connectivity index (χ4v) is 3.15. The molecule has 0 unspecified atom stereocenters. The zero-order valence-electron chi connectivity index (χ0n) is 10.4. The third kappa shape index (κ3) is 1.83. The molecule has 0 saturated carbocycles. The fourth-order valence-electron chi connectivity index (χ4n) is 3.15. The summed E-state index contributed by atoms with van der Waals surface area (Å²) in [4.78, 5) is 16.3. The normalized spacial score (nSPS) is 30.6. The molecule has 0 radical (unpaired) electrons. The van der Waals surface area contributed by atoms with Gasteiger partial charge in [0.05, 0.1) is 6.20 Å². The standard InChI is InChI=1S/C13H15N3O3/c17-13(16-9-3-7-1-2-8(9)15-7)10-4-11-12(5-14-10)19-6-18-11/h4-5,7-9,15H,1-3,6H2,(H,16,17)/t7-,8+,9-/m1/s1. The molecule has 1 amide bonds. The van der Waals surface area contributed by atoms with E-state index < -0.39 is 0 Å². The van der Waals surface area contributed by atoms with Crippen LogP contribution in [0, 0.1) is 0 Å². The van der Waals surface area contributed by atoms with E-state index in [0.29, 0.717) is 29.3 Å². The van der Waals surface area contributed by atoms with E-state index in [4.69, 9.17) is 9.47 Å². The van der Waals surface area contributed by atoms with Crippen molar-refractivity contribution in [1.29, 1.82) is 0 Å². The Balaban J connectivity index is 1.48. The summed E-state index contributed by atoms with van der Waals surface area (Å²) in [5.74, 6) is 1.04. The highest BCUT2D eigenvalue weighted by Gasteiger charge is 2.39. The van der Waals surface area contributed by atoms with Gasteiger partial charge in [0.15, 0.2) is 11.5 Å². The van der Waals surface area contributed by atoms with Gasteiger partial charge in [-0.1, -0.05) is 0 Å². The number of nitrogens with one attached hydrogen (secondary N) is 2. The number of nitrogens with zero attached hydrogens (tertiary/aromatic N) is 1. The van der Waals surface area contributed by atoms with Crippen LogP contribution in [0.1, 0.15) is 29.8 Å². The Kier molecular flexibility index (Phi) is 2.38. The van der Waals surface area contributed by atoms with Crippen LogP contribution in [0.3, 0.4) is 0 Å². The van der Waals surface area contributed by atoms with Crippen molar-refractivity contribution in [2.75, 3.05) is 6.79 Å². The first-order chi connectivity index (χ1) is 9.29. The highest BCUT2D eigenvalue weighted by atomic mass is 16.7. The van der Waals surface area contributed by atoms with Gasteiger partial charge in [0.25, 0.3) is 5.91 Å². The SMILES string of the molecule is O=C(N[C@@H]1C[C@H]2CC[C@@H]1N2)c1cc2c(cn1)OCO2. The summed E-state index contributed by atoms with van der Waals surface area (Å²) in [6.07, 6.45) is 4.92. The van der Waals surface area contributed by atoms with Gasteiger partial charge in [0, 0.05) is 24.2 Å². The molecule has 1 aromatic heterocycles. The first-order valence-electron chi connectivity index (χ1n) is 6.62. The van der Waals surface area contributed by atoms with E-state index in [1.54, 1.807) is 6.07 Å². The molecule has 0 aromatic carbocycles. The lowest BCUT2D eigenvalue weighted by Crippen LogP contribution is -2.43. The predicted octanol–water partition coefficient (Wildman–Crippen LogP) is 0.433. The van der Waals surface area contributed by atoms with Crippen molar-refractivity contribution >= 4 is 5.91 Å². The molecule has 100 valence electrons. The van der Waals surface area contributed by atoms with E-state index in [1.165, 1.54) is 12.6 Å². The molecule has 6 heteroatoms. The lowest BCUT2D eigenvalue weighted by molar-refractivity contribution is 0.0925. The van der Waals surface area contributed by atoms with Crippen molar-refractivity contribution < 1.29 is 14.3 Å². The summed E-state index contributed by atoms with van der Waals surface area (Å²) in [6.45, 7) is 0.193. The molecule has 1 aromatic rings. The Morgan fingerprint density at radius 2 is 2.26 bits per heavy atom. The van der Waals surface area contributed by atoms with E-state index in [9.17, 15) is 4.79 Å². The summed E-state index contributed by atoms with van der Waals surface area (Å²) < 4.78 is 10.4. The minimum atomic E-state index is -0.141. The number of pyridine rings is 1. The topological polar surface area (TPSA) is 72.5 Å². The van der Waals surface area contributed by atoms with Crippen LogP contribution in [-0.2, 0) is 0 Å². The van der Waals surface area contributed by atoms with Gasteiger partial charge in [-0.3, -0.25) is 4.79 Å². The molecule has 4 rings (SSSR count). The number of aromatic nitrogens is 1. The number of fused-ring (bicyclic) bond motifs is 3. The number of rotatable bonds is 2. The monoisotopic (exact) mass is 261 g/mol. The van der Waals surface area contributed by atoms with Gasteiger partial charge in [-0.05, 0) is 19.3 Å². The summed E-state index contributed by atoms with van der Waals surface area (Å²) >= 11 is 0. The molecule has 2 fully saturated rings. The Hall–Kier alpha value is -1.82. The Labute approximate surface area is 110 Å². The van der Waals surface area contributed by atoms with Crippen LogP contribution < -0.4 is 20.1 Å². The summed E-state index contributed by atoms with van der Waals surface area (Å²) in [5, 5.41) is 6.55. The molecule has 0 aliphatic carbocycles. The minimum Gasteiger partial charge on any atom is -0.453 e. The number of carbonyl (C=O) groups is 1. The van der Waals surface area contributed by atoms with Crippen molar-refractivity contribution in [2.45, 2.75) is 37.4 Å². The fraction of sp³-hybridized carbons (Fsp3) is 0.538. The van der Waals surface area contributed by atoms with Crippen molar-refractivity contribution in [3.8, 4) is 11.5 Å². The third-order valence-corrected chi connectivity index (χ3v) is 4.11. The Morgan fingerprint density at radius 3 is 3.05 bits per heavy atom. The first kappa shape index (κ1) is 11.0. The molecular formula is C13H15N3O3. The van der Waals surface area contributed by atoms with Crippen molar-refractivity contribution in [3.05, 3.63) is 18.0 Å². The second kappa shape index (κ2) is 4.09. The van der Waals surface area contributed by atoms with E-state index in [-0.39, 0.29) is 18.7 Å². The summed E-state index contributed by atoms with van der Waals surface area (Å²) in [5.41, 5.74) is 0.382. The minimum absolute atomic E-state index is 0.141. The van der Waals surface area contributed by atoms with E-state index >= 15 is 0 Å². The van der Waals surface area contributed by atoms with Crippen LogP contribution >= 0.6 is 0 Å². The maximum atomic E-state index is 12.2. The number of amides is 1. The third-order valence-electron chi connectivity index (χ3n) is 4.11. The number of hydrogen-bond donors (Lipinski definition) is 2. The first-order valence-corrected chi connectivity index (χ1v) is 6.62. The van der Waals surface area contributed by atoms with Crippen molar-refractivity contribution in [1.82, 2.24) is 15.6 Å². The largest absolute Gasteiger partial charge is 0.453 e. The average Bonchev–Trinajstić information content (AvgIpc) is 3.13. The summed E-state index contributed by atoms with van der Waals surface area (Å²) in [7, 11) is 0. The van der Waals surface area contributed by atoms with Crippen LogP contribution in [0.15, 0.2) is 12.3 Å². The molecule has 2 saturated heterocycles. The zero-order valence-corrected chi connectivity index (χ0v) is 10.4. The van der Waals surface area contributed by atoms with Crippen LogP contribution in [0.4, 0.5) is 0 Å². The van der Waals surface area contributed by atoms with Gasteiger partial charge >= 0.3 is 0 Å². The predicted molar refractivity (Wildman–Crippen MR) is 66.2 cm³/mol. The molecule has 3 aliphatic heterocycles. The second-order valence-corrected chi connectivity index (χ2v) is 5.29. The van der Waals surface area contributed by atoms with Crippen LogP contribution in [0.2, 0.25) is 0 Å². The lowest BCUT2D eigenvalue weighted by Gasteiger charge is -2.21. The van der Waals surface area contributed by atoms with E-state index in [1.807, 2.05) is 0 Å². The zero-order chi connectivity index (χ0) is 12.8. The molecular weight excluding hydrogens is 246 g/mol. The van der Waals surface area contributed by atoms with Gasteiger partial charge in [-0.25, -0.2) is 4.98 Å². The Morgan fingerprint density at radius 1 is 1.37 bits per heavy atom. The van der Waals surface area contributed by atoms with Gasteiger partial charge in [-0.2, -0.15) is 0 Å². The lowest BCUT2D eigenvalue weighted by atomic mass is 9.95. The molecule has 2 bridgehead atoms. The van der Waals surface area contributed by atoms with Crippen LogP contribution in [0.25, 0.3) is 0 Å². The van der Waals surface area contributed by atoms with Crippen LogP contribution in [-0.4, -0.2) is 35.8 Å².